The van der Waals surface area contributed by atoms with E-state index in [1.54, 1.807) is 91.0 Å². The van der Waals surface area contributed by atoms with Gasteiger partial charge in [0.2, 0.25) is 21.8 Å². The van der Waals surface area contributed by atoms with Crippen LogP contribution < -0.4 is 46.4 Å². The van der Waals surface area contributed by atoms with Gasteiger partial charge in [0.15, 0.2) is 17.2 Å². The molecular formula is C55H63N7O17. The first-order chi connectivity index (χ1) is 38.1. The number of carbonyl (C=O) groups is 3. The number of aliphatic hydroxyl groups excluding tert-OH is 3. The van der Waals surface area contributed by atoms with Gasteiger partial charge >= 0.3 is 18.3 Å². The van der Waals surface area contributed by atoms with Crippen LogP contribution in [0, 0.1) is 10.1 Å². The molecule has 0 saturated carbocycles. The molecule has 24 heteroatoms. The normalized spacial score (nSPS) is 13.0. The highest BCUT2D eigenvalue weighted by atomic mass is 16.6. The van der Waals surface area contributed by atoms with Crippen LogP contribution in [0.4, 0.5) is 14.4 Å². The first-order valence-electron chi connectivity index (χ1n) is 25.2. The molecule has 3 unspecified atom stereocenters. The molecule has 0 saturated heterocycles. The van der Waals surface area contributed by atoms with E-state index in [1.165, 1.54) is 32.3 Å². The molecule has 0 spiro atoms. The number of nitro groups is 1. The third-order valence-electron chi connectivity index (χ3n) is 13.2. The zero-order valence-corrected chi connectivity index (χ0v) is 42.9. The number of amides is 3. The quantitative estimate of drug-likeness (QED) is 0.0190. The Morgan fingerprint density at radius 3 is 0.975 bits per heavy atom. The molecule has 9 N–H and O–H groups in total. The van der Waals surface area contributed by atoms with Gasteiger partial charge in [-0.1, -0.05) is 91.0 Å². The van der Waals surface area contributed by atoms with Crippen molar-refractivity contribution >= 4 is 18.3 Å². The van der Waals surface area contributed by atoms with Gasteiger partial charge in [0.25, 0.3) is 0 Å². The number of carboxylic acid groups (broad SMARTS) is 3. The van der Waals surface area contributed by atoms with E-state index < -0.39 is 121 Å². The molecule has 3 heterocycles. The van der Waals surface area contributed by atoms with Crippen LogP contribution in [0.15, 0.2) is 142 Å². The Bertz CT molecular complexity index is 2850. The molecule has 3 aromatic carbocycles. The zero-order valence-electron chi connectivity index (χ0n) is 42.9. The van der Waals surface area contributed by atoms with E-state index in [4.69, 9.17) is 14.2 Å². The summed E-state index contributed by atoms with van der Waals surface area (Å²) >= 11 is 0. The lowest BCUT2D eigenvalue weighted by Crippen LogP contribution is -2.43. The summed E-state index contributed by atoms with van der Waals surface area (Å²) in [6, 6.07) is 25.0. The maximum atomic E-state index is 14.2. The molecule has 3 aromatic heterocycles. The van der Waals surface area contributed by atoms with Crippen molar-refractivity contribution in [2.24, 2.45) is 0 Å². The molecule has 79 heavy (non-hydrogen) atoms. The van der Waals surface area contributed by atoms with Crippen molar-refractivity contribution in [1.29, 1.82) is 0 Å². The van der Waals surface area contributed by atoms with Crippen molar-refractivity contribution in [2.45, 2.75) is 102 Å². The third kappa shape index (κ3) is 16.3. The summed E-state index contributed by atoms with van der Waals surface area (Å²) in [6.07, 6.45) is -4.21. The second kappa shape index (κ2) is 28.9. The molecule has 6 aromatic rings. The topological polar surface area (TPSA) is 346 Å². The number of nitrogens with zero attached hydrogens (tertiary/aromatic N) is 4. The van der Waals surface area contributed by atoms with Crippen LogP contribution in [-0.4, -0.2) is 92.9 Å². The van der Waals surface area contributed by atoms with E-state index in [9.17, 15) is 69.5 Å². The molecule has 420 valence electrons. The van der Waals surface area contributed by atoms with Crippen LogP contribution in [0.5, 0.6) is 17.2 Å². The largest absolute Gasteiger partial charge is 0.483 e. The highest BCUT2D eigenvalue weighted by Gasteiger charge is 2.45. The summed E-state index contributed by atoms with van der Waals surface area (Å²) < 4.78 is 22.4. The molecule has 0 fully saturated rings. The number of hydrogen-bond acceptors (Lipinski definition) is 14. The Kier molecular flexibility index (Phi) is 21.7. The lowest BCUT2D eigenvalue weighted by molar-refractivity contribution is -0.574. The van der Waals surface area contributed by atoms with E-state index in [-0.39, 0.29) is 73.8 Å². The number of benzene rings is 3. The number of rotatable bonds is 31. The maximum absolute atomic E-state index is 14.2. The molecule has 3 atom stereocenters. The number of pyridine rings is 3. The van der Waals surface area contributed by atoms with Crippen molar-refractivity contribution in [2.75, 3.05) is 19.8 Å². The second-order valence-corrected chi connectivity index (χ2v) is 18.4. The average Bonchev–Trinajstić information content (AvgIpc) is 3.44. The Labute approximate surface area is 451 Å². The Morgan fingerprint density at radius 1 is 0.481 bits per heavy atom. The predicted octanol–water partition coefficient (Wildman–Crippen LogP) is 5.57. The fourth-order valence-corrected chi connectivity index (χ4v) is 9.49. The lowest BCUT2D eigenvalue weighted by atomic mass is 9.80. The number of ether oxygens (including phenoxy) is 3. The van der Waals surface area contributed by atoms with Crippen molar-refractivity contribution < 1.29 is 64.2 Å². The maximum Gasteiger partial charge on any atom is 0.405 e. The summed E-state index contributed by atoms with van der Waals surface area (Å²) in [4.78, 5) is 93.0. The van der Waals surface area contributed by atoms with Gasteiger partial charge in [-0.25, -0.2) is 14.4 Å². The van der Waals surface area contributed by atoms with Gasteiger partial charge in [0.05, 0.1) is 55.0 Å². The molecule has 0 bridgehead atoms. The van der Waals surface area contributed by atoms with Crippen molar-refractivity contribution in [3.63, 3.8) is 0 Å². The van der Waals surface area contributed by atoms with Crippen LogP contribution in [0.1, 0.15) is 90.4 Å². The lowest BCUT2D eigenvalue weighted by Gasteiger charge is -2.32. The van der Waals surface area contributed by atoms with Crippen LogP contribution >= 0.6 is 0 Å². The van der Waals surface area contributed by atoms with Crippen molar-refractivity contribution in [3.05, 3.63) is 202 Å². The molecule has 0 aliphatic carbocycles. The van der Waals surface area contributed by atoms with E-state index in [0.29, 0.717) is 16.7 Å². The van der Waals surface area contributed by atoms with Gasteiger partial charge in [-0.3, -0.25) is 24.5 Å². The fraction of sp³-hybridized carbons (Fsp3) is 0.345. The minimum atomic E-state index is -2.32. The van der Waals surface area contributed by atoms with Crippen molar-refractivity contribution in [3.8, 4) is 17.2 Å². The first kappa shape index (κ1) is 59.2. The number of aliphatic hydroxyl groups is 3. The van der Waals surface area contributed by atoms with Crippen LogP contribution in [-0.2, 0) is 39.5 Å². The van der Waals surface area contributed by atoms with Gasteiger partial charge in [-0.2, -0.15) is 0 Å². The Balaban J connectivity index is 1.51. The highest BCUT2D eigenvalue weighted by molar-refractivity contribution is 5.66. The summed E-state index contributed by atoms with van der Waals surface area (Å²) in [5.74, 6) is -0.987. The third-order valence-corrected chi connectivity index (χ3v) is 13.2. The fourth-order valence-electron chi connectivity index (χ4n) is 9.49. The summed E-state index contributed by atoms with van der Waals surface area (Å²) in [5.41, 5.74) is -2.78. The number of nitrogens with one attached hydrogen (secondary N) is 3. The Morgan fingerprint density at radius 2 is 0.747 bits per heavy atom. The van der Waals surface area contributed by atoms with Gasteiger partial charge in [0, 0.05) is 80.6 Å². The monoisotopic (exact) mass is 1090 g/mol. The number of aromatic nitrogens is 3. The summed E-state index contributed by atoms with van der Waals surface area (Å²) in [7, 11) is 0. The van der Waals surface area contributed by atoms with Gasteiger partial charge in [-0.15, -0.1) is 0 Å². The minimum Gasteiger partial charge on any atom is -0.483 e. The van der Waals surface area contributed by atoms with Crippen LogP contribution in [0.3, 0.4) is 0 Å². The highest BCUT2D eigenvalue weighted by Crippen LogP contribution is 2.40. The molecule has 0 aliphatic rings. The van der Waals surface area contributed by atoms with Gasteiger partial charge in [-0.05, 0) is 36.0 Å². The smallest absolute Gasteiger partial charge is 0.405 e. The number of hydrogen-bond donors (Lipinski definition) is 9. The summed E-state index contributed by atoms with van der Waals surface area (Å²) in [6.45, 7) is -2.59. The average molecular weight is 1090 g/mol. The van der Waals surface area contributed by atoms with Crippen LogP contribution in [0.2, 0.25) is 0 Å². The van der Waals surface area contributed by atoms with E-state index >= 15 is 0 Å². The molecule has 0 radical (unpaired) electrons. The molecule has 0 aliphatic heterocycles. The molecule has 6 rings (SSSR count). The SMILES string of the molecule is O=C(O)NC(CCC(CCC(NC(=O)O)c1c(OCc2ccccc2)c(=O)ccn1CCO)(CCC(NC(=O)O)c1c(OCc2ccccc2)c(=O)ccn1CCO)[N+](=O)[O-])c1c(OCc2ccccc2)c(=O)ccn1CCO. The van der Waals surface area contributed by atoms with E-state index in [1.807, 2.05) is 0 Å². The van der Waals surface area contributed by atoms with Crippen LogP contribution in [0.25, 0.3) is 0 Å². The minimum absolute atomic E-state index is 0.0944. The predicted molar refractivity (Wildman–Crippen MR) is 285 cm³/mol. The standard InChI is InChI=1S/C55H63N7O17/c63-31-28-59-25-19-43(66)49(77-34-37-10-4-1-5-11-37)46(59)40(56-52(69)70)16-22-55(62(75)76,23-17-41(57-53(71)72)47-50(44(67)20-26-60(47)29-32-64)78-35-38-12-6-2-7-13-38)24-18-42(58-54(73)74)48-51(45(68)21-27-61(48)30-33-65)79-36-39-14-8-3-9-15-39/h1-15,19-21,25-27,40-42,56-58,63-65H,16-18,22-24,28-36H2,(H,69,70)(H,71,72)(H,73,74). The van der Waals surface area contributed by atoms with Crippen molar-refractivity contribution in [1.82, 2.24) is 29.7 Å². The first-order valence-corrected chi connectivity index (χ1v) is 25.2. The van der Waals surface area contributed by atoms with E-state index in [0.717, 1.165) is 18.2 Å². The van der Waals surface area contributed by atoms with Gasteiger partial charge in [0.1, 0.15) is 19.8 Å². The second-order valence-electron chi connectivity index (χ2n) is 18.4. The Hall–Kier alpha value is -9.00. The molecule has 3 amide bonds. The summed E-state index contributed by atoms with van der Waals surface area (Å²) in [5, 5.41) is 82.9. The van der Waals surface area contributed by atoms with Gasteiger partial charge < -0.3 is 74.5 Å². The molecule has 24 nitrogen and oxygen atoms in total. The molecular weight excluding hydrogens is 1030 g/mol. The zero-order chi connectivity index (χ0) is 56.9. The van der Waals surface area contributed by atoms with E-state index in [2.05, 4.69) is 16.0 Å².